The summed E-state index contributed by atoms with van der Waals surface area (Å²) < 4.78 is 7.54. The molecular formula is C15H20N2O2. The van der Waals surface area contributed by atoms with E-state index in [-0.39, 0.29) is 0 Å². The Morgan fingerprint density at radius 2 is 2.00 bits per heavy atom. The van der Waals surface area contributed by atoms with E-state index in [9.17, 15) is 5.11 Å². The van der Waals surface area contributed by atoms with Gasteiger partial charge in [0.15, 0.2) is 0 Å². The average Bonchev–Trinajstić information content (AvgIpc) is 2.74. The number of hydrogen-bond acceptors (Lipinski definition) is 3. The van der Waals surface area contributed by atoms with Gasteiger partial charge in [0, 0.05) is 7.05 Å². The van der Waals surface area contributed by atoms with Crippen molar-refractivity contribution in [1.82, 2.24) is 9.78 Å². The number of aliphatic hydroxyl groups is 1. The number of rotatable bonds is 5. The first kappa shape index (κ1) is 13.6. The van der Waals surface area contributed by atoms with Crippen molar-refractivity contribution in [2.45, 2.75) is 33.0 Å². The molecule has 0 fully saturated rings. The smallest absolute Gasteiger partial charge is 0.130 e. The Bertz CT molecular complexity index is 532. The molecule has 2 rings (SSSR count). The molecule has 0 radical (unpaired) electrons. The molecule has 4 heteroatoms. The van der Waals surface area contributed by atoms with Gasteiger partial charge in [-0.1, -0.05) is 19.1 Å². The maximum atomic E-state index is 9.71. The van der Waals surface area contributed by atoms with E-state index in [1.54, 1.807) is 0 Å². The van der Waals surface area contributed by atoms with E-state index in [0.717, 1.165) is 22.7 Å². The molecule has 0 aliphatic heterocycles. The zero-order chi connectivity index (χ0) is 13.8. The molecule has 0 bridgehead atoms. The summed E-state index contributed by atoms with van der Waals surface area (Å²) in [6.07, 6.45) is 0.322. The van der Waals surface area contributed by atoms with Crippen molar-refractivity contribution in [2.75, 3.05) is 0 Å². The minimum absolute atomic E-state index is 0.395. The van der Waals surface area contributed by atoms with Gasteiger partial charge in [-0.25, -0.2) is 0 Å². The molecule has 0 saturated carbocycles. The van der Waals surface area contributed by atoms with Gasteiger partial charge in [-0.15, -0.1) is 0 Å². The lowest BCUT2D eigenvalue weighted by Gasteiger charge is -2.10. The van der Waals surface area contributed by atoms with E-state index in [4.69, 9.17) is 4.74 Å². The minimum Gasteiger partial charge on any atom is -0.487 e. The number of aromatic nitrogens is 2. The highest BCUT2D eigenvalue weighted by Crippen LogP contribution is 2.20. The van der Waals surface area contributed by atoms with Crippen LogP contribution in [0.4, 0.5) is 0 Å². The van der Waals surface area contributed by atoms with Crippen LogP contribution in [-0.2, 0) is 13.7 Å². The zero-order valence-corrected chi connectivity index (χ0v) is 11.6. The Hall–Kier alpha value is -1.81. The summed E-state index contributed by atoms with van der Waals surface area (Å²) in [5.74, 6) is 0.797. The van der Waals surface area contributed by atoms with E-state index >= 15 is 0 Å². The Morgan fingerprint density at radius 3 is 2.53 bits per heavy atom. The molecule has 2 aromatic rings. The van der Waals surface area contributed by atoms with Crippen LogP contribution in [0, 0.1) is 6.92 Å². The number of aliphatic hydroxyl groups excluding tert-OH is 1. The summed E-state index contributed by atoms with van der Waals surface area (Å²) in [5.41, 5.74) is 2.95. The maximum absolute atomic E-state index is 9.71. The molecule has 19 heavy (non-hydrogen) atoms. The summed E-state index contributed by atoms with van der Waals surface area (Å²) in [5, 5.41) is 14.0. The van der Waals surface area contributed by atoms with Crippen molar-refractivity contribution in [2.24, 2.45) is 7.05 Å². The van der Waals surface area contributed by atoms with Crippen LogP contribution < -0.4 is 4.74 Å². The van der Waals surface area contributed by atoms with Crippen molar-refractivity contribution < 1.29 is 9.84 Å². The third-order valence-electron chi connectivity index (χ3n) is 3.14. The quantitative estimate of drug-likeness (QED) is 0.899. The monoisotopic (exact) mass is 260 g/mol. The van der Waals surface area contributed by atoms with Crippen molar-refractivity contribution >= 4 is 0 Å². The zero-order valence-electron chi connectivity index (χ0n) is 11.6. The van der Waals surface area contributed by atoms with E-state index in [0.29, 0.717) is 13.0 Å². The summed E-state index contributed by atoms with van der Waals surface area (Å²) in [4.78, 5) is 0. The highest BCUT2D eigenvalue weighted by Gasteiger charge is 2.06. The Balaban J connectivity index is 1.98. The minimum atomic E-state index is -0.395. The SMILES string of the molecule is CC[C@@H](O)c1ccc(OCc2cc(C)nn2C)cc1. The number of hydrogen-bond donors (Lipinski definition) is 1. The molecule has 1 N–H and O–H groups in total. The van der Waals surface area contributed by atoms with Crippen LogP contribution in [0.2, 0.25) is 0 Å². The fraction of sp³-hybridized carbons (Fsp3) is 0.400. The van der Waals surface area contributed by atoms with Gasteiger partial charge in [0.1, 0.15) is 12.4 Å². The first-order chi connectivity index (χ1) is 9.10. The fourth-order valence-corrected chi connectivity index (χ4v) is 1.98. The molecule has 0 amide bonds. The molecule has 0 aliphatic rings. The van der Waals surface area contributed by atoms with Gasteiger partial charge in [0.2, 0.25) is 0 Å². The van der Waals surface area contributed by atoms with Crippen LogP contribution >= 0.6 is 0 Å². The van der Waals surface area contributed by atoms with Crippen molar-refractivity contribution in [1.29, 1.82) is 0 Å². The lowest BCUT2D eigenvalue weighted by atomic mass is 10.1. The van der Waals surface area contributed by atoms with Gasteiger partial charge >= 0.3 is 0 Å². The molecule has 1 aromatic carbocycles. The van der Waals surface area contributed by atoms with Crippen LogP contribution in [0.15, 0.2) is 30.3 Å². The second kappa shape index (κ2) is 5.89. The topological polar surface area (TPSA) is 47.3 Å². The van der Waals surface area contributed by atoms with E-state index in [1.807, 2.05) is 55.9 Å². The lowest BCUT2D eigenvalue weighted by molar-refractivity contribution is 0.173. The molecule has 0 unspecified atom stereocenters. The van der Waals surface area contributed by atoms with E-state index in [2.05, 4.69) is 5.10 Å². The molecular weight excluding hydrogens is 240 g/mol. The third-order valence-corrected chi connectivity index (χ3v) is 3.14. The van der Waals surface area contributed by atoms with Gasteiger partial charge in [0.05, 0.1) is 17.5 Å². The van der Waals surface area contributed by atoms with Gasteiger partial charge in [-0.2, -0.15) is 5.10 Å². The molecule has 0 aliphatic carbocycles. The molecule has 1 aromatic heterocycles. The third kappa shape index (κ3) is 3.35. The maximum Gasteiger partial charge on any atom is 0.130 e. The second-order valence-electron chi connectivity index (χ2n) is 4.68. The summed E-state index contributed by atoms with van der Waals surface area (Å²) in [6.45, 7) is 4.41. The highest BCUT2D eigenvalue weighted by atomic mass is 16.5. The first-order valence-corrected chi connectivity index (χ1v) is 6.50. The molecule has 4 nitrogen and oxygen atoms in total. The van der Waals surface area contributed by atoms with Gasteiger partial charge < -0.3 is 9.84 Å². The Kier molecular flexibility index (Phi) is 4.22. The largest absolute Gasteiger partial charge is 0.487 e. The van der Waals surface area contributed by atoms with E-state index < -0.39 is 6.10 Å². The van der Waals surface area contributed by atoms with Crippen molar-refractivity contribution in [3.05, 3.63) is 47.3 Å². The molecule has 1 atom stereocenters. The standard InChI is InChI=1S/C15H20N2O2/c1-4-15(18)12-5-7-14(8-6-12)19-10-13-9-11(2)16-17(13)3/h5-9,15,18H,4,10H2,1-3H3/t15-/m1/s1. The first-order valence-electron chi connectivity index (χ1n) is 6.50. The average molecular weight is 260 g/mol. The van der Waals surface area contributed by atoms with Crippen LogP contribution in [0.1, 0.15) is 36.4 Å². The van der Waals surface area contributed by atoms with Gasteiger partial charge in [0.25, 0.3) is 0 Å². The second-order valence-corrected chi connectivity index (χ2v) is 4.68. The molecule has 0 saturated heterocycles. The van der Waals surface area contributed by atoms with Crippen LogP contribution in [0.5, 0.6) is 5.75 Å². The van der Waals surface area contributed by atoms with Crippen molar-refractivity contribution in [3.63, 3.8) is 0 Å². The molecule has 1 heterocycles. The molecule has 102 valence electrons. The summed E-state index contributed by atoms with van der Waals surface area (Å²) in [6, 6.07) is 9.58. The van der Waals surface area contributed by atoms with Crippen LogP contribution in [-0.4, -0.2) is 14.9 Å². The predicted molar refractivity (Wildman–Crippen MR) is 74.0 cm³/mol. The predicted octanol–water partition coefficient (Wildman–Crippen LogP) is 2.75. The van der Waals surface area contributed by atoms with Crippen LogP contribution in [0.25, 0.3) is 0 Å². The Labute approximate surface area is 113 Å². The number of ether oxygens (including phenoxy) is 1. The fourth-order valence-electron chi connectivity index (χ4n) is 1.98. The Morgan fingerprint density at radius 1 is 1.32 bits per heavy atom. The van der Waals surface area contributed by atoms with Gasteiger partial charge in [-0.05, 0) is 37.1 Å². The van der Waals surface area contributed by atoms with Crippen LogP contribution in [0.3, 0.4) is 0 Å². The molecule has 0 spiro atoms. The van der Waals surface area contributed by atoms with Crippen molar-refractivity contribution in [3.8, 4) is 5.75 Å². The van der Waals surface area contributed by atoms with Gasteiger partial charge in [-0.3, -0.25) is 4.68 Å². The lowest BCUT2D eigenvalue weighted by Crippen LogP contribution is -2.03. The summed E-state index contributed by atoms with van der Waals surface area (Å²) in [7, 11) is 1.91. The number of nitrogens with zero attached hydrogens (tertiary/aromatic N) is 2. The number of benzene rings is 1. The normalized spacial score (nSPS) is 12.4. The van der Waals surface area contributed by atoms with E-state index in [1.165, 1.54) is 0 Å². The summed E-state index contributed by atoms with van der Waals surface area (Å²) >= 11 is 0. The number of aryl methyl sites for hydroxylation is 2. The highest BCUT2D eigenvalue weighted by molar-refractivity contribution is 5.28.